The highest BCUT2D eigenvalue weighted by Crippen LogP contribution is 2.31. The Labute approximate surface area is 135 Å². The van der Waals surface area contributed by atoms with Crippen molar-refractivity contribution in [3.05, 3.63) is 59.5 Å². The van der Waals surface area contributed by atoms with Crippen molar-refractivity contribution < 1.29 is 18.7 Å². The zero-order chi connectivity index (χ0) is 16.2. The number of ketones is 2. The minimum Gasteiger partial charge on any atom is -0.465 e. The molecule has 0 aliphatic rings. The minimum atomic E-state index is -0.800. The molecule has 0 amide bonds. The van der Waals surface area contributed by atoms with E-state index in [1.54, 1.807) is 30.3 Å². The molecule has 0 spiro atoms. The number of hydrogen-bond acceptors (Lipinski definition) is 6. The van der Waals surface area contributed by atoms with E-state index in [0.29, 0.717) is 16.5 Å². The maximum absolute atomic E-state index is 12.0. The van der Waals surface area contributed by atoms with Gasteiger partial charge in [0.05, 0.1) is 17.7 Å². The number of hydrogen-bond donors (Lipinski definition) is 1. The van der Waals surface area contributed by atoms with E-state index in [1.807, 2.05) is 0 Å². The number of carbonyl (C=O) groups excluding carboxylic acids is 2. The summed E-state index contributed by atoms with van der Waals surface area (Å²) < 4.78 is 10.9. The number of H-pyrrole nitrogens is 1. The number of para-hydroxylation sites is 1. The van der Waals surface area contributed by atoms with Crippen LogP contribution >= 0.6 is 11.6 Å². The van der Waals surface area contributed by atoms with E-state index in [2.05, 4.69) is 15.2 Å². The topological polar surface area (TPSA) is 98.1 Å². The van der Waals surface area contributed by atoms with Gasteiger partial charge in [-0.2, -0.15) is 0 Å². The van der Waals surface area contributed by atoms with Crippen LogP contribution in [-0.4, -0.2) is 26.7 Å². The van der Waals surface area contributed by atoms with Crippen molar-refractivity contribution in [3.8, 4) is 11.5 Å². The molecule has 23 heavy (non-hydrogen) atoms. The Kier molecular flexibility index (Phi) is 4.20. The largest absolute Gasteiger partial charge is 0.465 e. The molecule has 0 saturated carbocycles. The second-order valence-electron chi connectivity index (χ2n) is 4.49. The van der Waals surface area contributed by atoms with Crippen molar-refractivity contribution in [2.45, 2.75) is 6.42 Å². The summed E-state index contributed by atoms with van der Waals surface area (Å²) in [6.45, 7) is 0. The maximum Gasteiger partial charge on any atom is 0.268 e. The molecule has 2 aromatic heterocycles. The number of aromatic amines is 1. The minimum absolute atomic E-state index is 0.185. The summed E-state index contributed by atoms with van der Waals surface area (Å²) in [5, 5.41) is 6.38. The number of benzene rings is 1. The molecule has 0 aliphatic heterocycles. The van der Waals surface area contributed by atoms with Crippen LogP contribution in [0.25, 0.3) is 0 Å². The smallest absolute Gasteiger partial charge is 0.268 e. The first-order valence-electron chi connectivity index (χ1n) is 6.57. The number of nitrogens with zero attached hydrogens (tertiary/aromatic N) is 2. The average Bonchev–Trinajstić information content (AvgIpc) is 3.21. The van der Waals surface area contributed by atoms with E-state index in [4.69, 9.17) is 20.8 Å². The highest BCUT2D eigenvalue weighted by molar-refractivity contribution is 6.43. The molecular weight excluding hydrogens is 322 g/mol. The van der Waals surface area contributed by atoms with Gasteiger partial charge in [0.2, 0.25) is 11.6 Å². The van der Waals surface area contributed by atoms with Gasteiger partial charge in [0.25, 0.3) is 5.78 Å². The van der Waals surface area contributed by atoms with Crippen LogP contribution in [0.1, 0.15) is 16.4 Å². The number of furan rings is 1. The molecule has 0 unspecified atom stereocenters. The van der Waals surface area contributed by atoms with Crippen molar-refractivity contribution in [1.29, 1.82) is 0 Å². The Morgan fingerprint density at radius 1 is 1.22 bits per heavy atom. The number of Topliss-reactive ketones (excluding diaryl/α,β-unsaturated/α-hetero) is 2. The normalized spacial score (nSPS) is 10.5. The van der Waals surface area contributed by atoms with Crippen LogP contribution in [0, 0.1) is 0 Å². The van der Waals surface area contributed by atoms with Gasteiger partial charge in [-0.1, -0.05) is 23.7 Å². The van der Waals surface area contributed by atoms with Gasteiger partial charge in [-0.05, 0) is 12.1 Å². The van der Waals surface area contributed by atoms with Gasteiger partial charge < -0.3 is 9.15 Å². The molecular formula is C15H10ClN3O4. The van der Waals surface area contributed by atoms with Gasteiger partial charge in [0, 0.05) is 6.07 Å². The summed E-state index contributed by atoms with van der Waals surface area (Å²) in [5.74, 6) is -0.734. The standard InChI is InChI=1S/C15H10ClN3O4/c16-9-3-1-2-4-11(9)23-12-5-6-22-13(12)7-10(20)14(21)15-17-8-18-19-15/h1-6,8H,7H2,(H,17,18,19). The Morgan fingerprint density at radius 3 is 2.78 bits per heavy atom. The zero-order valence-corrected chi connectivity index (χ0v) is 12.4. The molecule has 116 valence electrons. The second kappa shape index (κ2) is 6.45. The van der Waals surface area contributed by atoms with Crippen molar-refractivity contribution >= 4 is 23.2 Å². The van der Waals surface area contributed by atoms with Crippen LogP contribution in [0.3, 0.4) is 0 Å². The summed E-state index contributed by atoms with van der Waals surface area (Å²) in [6, 6.07) is 8.43. The SMILES string of the molecule is O=C(Cc1occc1Oc1ccccc1Cl)C(=O)c1nc[nH]n1. The Bertz CT molecular complexity index is 842. The lowest BCUT2D eigenvalue weighted by atomic mass is 10.1. The molecule has 0 saturated heterocycles. The molecule has 0 aliphatic carbocycles. The summed E-state index contributed by atoms with van der Waals surface area (Å²) in [4.78, 5) is 27.5. The second-order valence-corrected chi connectivity index (χ2v) is 4.90. The number of aromatic nitrogens is 3. The van der Waals surface area contributed by atoms with Crippen LogP contribution < -0.4 is 4.74 Å². The lowest BCUT2D eigenvalue weighted by molar-refractivity contribution is -0.114. The highest BCUT2D eigenvalue weighted by Gasteiger charge is 2.23. The number of ether oxygens (including phenoxy) is 1. The molecule has 3 aromatic rings. The summed E-state index contributed by atoms with van der Waals surface area (Å²) in [6.07, 6.45) is 2.32. The summed E-state index contributed by atoms with van der Waals surface area (Å²) in [7, 11) is 0. The fourth-order valence-corrected chi connectivity index (χ4v) is 2.04. The van der Waals surface area contributed by atoms with E-state index < -0.39 is 11.6 Å². The molecule has 1 aromatic carbocycles. The van der Waals surface area contributed by atoms with Crippen LogP contribution in [0.2, 0.25) is 5.02 Å². The third kappa shape index (κ3) is 3.29. The van der Waals surface area contributed by atoms with Gasteiger partial charge >= 0.3 is 0 Å². The van der Waals surface area contributed by atoms with E-state index in [0.717, 1.165) is 0 Å². The van der Waals surface area contributed by atoms with Gasteiger partial charge in [-0.15, -0.1) is 5.10 Å². The van der Waals surface area contributed by atoms with Gasteiger partial charge in [-0.25, -0.2) is 4.98 Å². The van der Waals surface area contributed by atoms with Crippen molar-refractivity contribution in [3.63, 3.8) is 0 Å². The number of carbonyl (C=O) groups is 2. The molecule has 8 heteroatoms. The molecule has 0 bridgehead atoms. The molecule has 3 rings (SSSR count). The Morgan fingerprint density at radius 2 is 2.04 bits per heavy atom. The predicted molar refractivity (Wildman–Crippen MR) is 79.7 cm³/mol. The zero-order valence-electron chi connectivity index (χ0n) is 11.7. The lowest BCUT2D eigenvalue weighted by Gasteiger charge is -2.06. The van der Waals surface area contributed by atoms with Crippen molar-refractivity contribution in [1.82, 2.24) is 15.2 Å². The molecule has 0 fully saturated rings. The molecule has 0 atom stereocenters. The molecule has 0 radical (unpaired) electrons. The number of rotatable bonds is 6. The lowest BCUT2D eigenvalue weighted by Crippen LogP contribution is -2.18. The fraction of sp³-hybridized carbons (Fsp3) is 0.0667. The molecule has 2 heterocycles. The highest BCUT2D eigenvalue weighted by atomic mass is 35.5. The first-order valence-corrected chi connectivity index (χ1v) is 6.95. The third-order valence-corrected chi connectivity index (χ3v) is 3.27. The van der Waals surface area contributed by atoms with E-state index in [1.165, 1.54) is 12.6 Å². The molecule has 1 N–H and O–H groups in total. The maximum atomic E-state index is 12.0. The summed E-state index contributed by atoms with van der Waals surface area (Å²) in [5.41, 5.74) is 0. The molecule has 7 nitrogen and oxygen atoms in total. The number of nitrogens with one attached hydrogen (secondary N) is 1. The first kappa shape index (κ1) is 15.0. The van der Waals surface area contributed by atoms with Crippen LogP contribution in [0.15, 0.2) is 47.3 Å². The van der Waals surface area contributed by atoms with Crippen LogP contribution in [-0.2, 0) is 11.2 Å². The average molecular weight is 332 g/mol. The fourth-order valence-electron chi connectivity index (χ4n) is 1.86. The van der Waals surface area contributed by atoms with Crippen LogP contribution in [0.5, 0.6) is 11.5 Å². The van der Waals surface area contributed by atoms with Gasteiger partial charge in [-0.3, -0.25) is 14.7 Å². The monoisotopic (exact) mass is 331 g/mol. The predicted octanol–water partition coefficient (Wildman–Crippen LogP) is 2.84. The van der Waals surface area contributed by atoms with Gasteiger partial charge in [0.1, 0.15) is 12.1 Å². The van der Waals surface area contributed by atoms with E-state index in [-0.39, 0.29) is 18.0 Å². The number of halogens is 1. The van der Waals surface area contributed by atoms with Crippen molar-refractivity contribution in [2.24, 2.45) is 0 Å². The quantitative estimate of drug-likeness (QED) is 0.551. The first-order chi connectivity index (χ1) is 11.1. The Hall–Kier alpha value is -2.93. The van der Waals surface area contributed by atoms with E-state index in [9.17, 15) is 9.59 Å². The Balaban J connectivity index is 1.75. The van der Waals surface area contributed by atoms with Crippen LogP contribution in [0.4, 0.5) is 0 Å². The summed E-state index contributed by atoms with van der Waals surface area (Å²) >= 11 is 6.02. The van der Waals surface area contributed by atoms with E-state index >= 15 is 0 Å². The van der Waals surface area contributed by atoms with Gasteiger partial charge in [0.15, 0.2) is 11.5 Å². The third-order valence-electron chi connectivity index (χ3n) is 2.95. The van der Waals surface area contributed by atoms with Crippen molar-refractivity contribution in [2.75, 3.05) is 0 Å².